The molecule has 2 fully saturated rings. The van der Waals surface area contributed by atoms with E-state index in [9.17, 15) is 18.0 Å². The van der Waals surface area contributed by atoms with Gasteiger partial charge in [-0.05, 0) is 99.8 Å². The molecule has 2 aliphatic rings. The van der Waals surface area contributed by atoms with Gasteiger partial charge in [-0.3, -0.25) is 0 Å². The Balaban J connectivity index is 1.32. The summed E-state index contributed by atoms with van der Waals surface area (Å²) in [5.74, 6) is -5.47. The molecule has 0 saturated heterocycles. The number of halogens is 4. The minimum Gasteiger partial charge on any atom is -0.491 e. The molecule has 214 valence electrons. The van der Waals surface area contributed by atoms with Crippen molar-refractivity contribution in [2.75, 3.05) is 13.2 Å². The average molecular weight is 551 g/mol. The lowest BCUT2D eigenvalue weighted by Gasteiger charge is -2.30. The smallest absolute Gasteiger partial charge is 0.341 e. The number of rotatable bonds is 10. The maximum atomic E-state index is 15.0. The second kappa shape index (κ2) is 13.6. The second-order valence-electron chi connectivity index (χ2n) is 10.6. The molecule has 0 amide bonds. The van der Waals surface area contributed by atoms with Crippen LogP contribution in [0, 0.1) is 23.3 Å². The normalized spacial score (nSPS) is 23.4. The summed E-state index contributed by atoms with van der Waals surface area (Å²) in [6.07, 6.45) is 6.53. The molecular formula is C31H38F4O4. The number of carbonyl (C=O) groups excluding carboxylic acids is 1. The molecule has 0 heterocycles. The fraction of sp³-hybridized carbons (Fsp3) is 0.581. The predicted molar refractivity (Wildman–Crippen MR) is 140 cm³/mol. The number of ether oxygens (including phenoxy) is 3. The Morgan fingerprint density at radius 1 is 0.744 bits per heavy atom. The highest BCUT2D eigenvalue weighted by Crippen LogP contribution is 2.39. The molecule has 0 atom stereocenters. The van der Waals surface area contributed by atoms with Gasteiger partial charge in [-0.15, -0.1) is 0 Å². The van der Waals surface area contributed by atoms with Gasteiger partial charge in [0.2, 0.25) is 5.82 Å². The lowest BCUT2D eigenvalue weighted by Crippen LogP contribution is -2.25. The Morgan fingerprint density at radius 3 is 1.90 bits per heavy atom. The first kappa shape index (κ1) is 29.4. The molecule has 8 heteroatoms. The molecule has 0 unspecified atom stereocenters. The van der Waals surface area contributed by atoms with Gasteiger partial charge >= 0.3 is 5.97 Å². The SMILES string of the molecule is CCCCOC1CCC(c2ccc(C(=O)OC3CCC(c4ccc(OCC)c(F)c4F)CC3)c(F)c2F)CC1. The van der Waals surface area contributed by atoms with Crippen molar-refractivity contribution in [3.63, 3.8) is 0 Å². The van der Waals surface area contributed by atoms with Crippen LogP contribution in [0.1, 0.15) is 111 Å². The van der Waals surface area contributed by atoms with Crippen LogP contribution in [0.5, 0.6) is 5.75 Å². The van der Waals surface area contributed by atoms with Gasteiger partial charge in [0.1, 0.15) is 6.10 Å². The van der Waals surface area contributed by atoms with E-state index >= 15 is 4.39 Å². The molecule has 39 heavy (non-hydrogen) atoms. The molecule has 0 N–H and O–H groups in total. The van der Waals surface area contributed by atoms with Gasteiger partial charge in [0.25, 0.3) is 0 Å². The van der Waals surface area contributed by atoms with Gasteiger partial charge in [-0.25, -0.2) is 18.0 Å². The minimum absolute atomic E-state index is 0.112. The maximum absolute atomic E-state index is 15.0. The van der Waals surface area contributed by atoms with Crippen molar-refractivity contribution in [2.24, 2.45) is 0 Å². The highest BCUT2D eigenvalue weighted by molar-refractivity contribution is 5.90. The molecule has 2 aliphatic carbocycles. The van der Waals surface area contributed by atoms with Crippen LogP contribution in [0.15, 0.2) is 24.3 Å². The third kappa shape index (κ3) is 6.94. The Bertz CT molecular complexity index is 1120. The van der Waals surface area contributed by atoms with Crippen molar-refractivity contribution in [3.8, 4) is 5.75 Å². The molecule has 0 radical (unpaired) electrons. The van der Waals surface area contributed by atoms with Crippen LogP contribution in [-0.2, 0) is 9.47 Å². The molecule has 2 aromatic carbocycles. The van der Waals surface area contributed by atoms with Crippen LogP contribution in [0.3, 0.4) is 0 Å². The fourth-order valence-corrected chi connectivity index (χ4v) is 5.81. The largest absolute Gasteiger partial charge is 0.491 e. The molecule has 2 aromatic rings. The van der Waals surface area contributed by atoms with Crippen molar-refractivity contribution in [1.82, 2.24) is 0 Å². The fourth-order valence-electron chi connectivity index (χ4n) is 5.81. The predicted octanol–water partition coefficient (Wildman–Crippen LogP) is 8.37. The van der Waals surface area contributed by atoms with Gasteiger partial charge in [0, 0.05) is 6.61 Å². The van der Waals surface area contributed by atoms with Crippen molar-refractivity contribution < 1.29 is 36.6 Å². The highest BCUT2D eigenvalue weighted by atomic mass is 19.2. The van der Waals surface area contributed by atoms with Crippen molar-refractivity contribution in [3.05, 3.63) is 64.2 Å². The Hall–Kier alpha value is -2.61. The van der Waals surface area contributed by atoms with E-state index in [1.54, 1.807) is 6.92 Å². The number of carbonyl (C=O) groups is 1. The summed E-state index contributed by atoms with van der Waals surface area (Å²) < 4.78 is 75.4. The summed E-state index contributed by atoms with van der Waals surface area (Å²) in [5, 5.41) is 0. The third-order valence-electron chi connectivity index (χ3n) is 8.06. The molecule has 2 saturated carbocycles. The van der Waals surface area contributed by atoms with E-state index in [-0.39, 0.29) is 35.9 Å². The number of hydrogen-bond donors (Lipinski definition) is 0. The van der Waals surface area contributed by atoms with E-state index in [1.807, 2.05) is 0 Å². The summed E-state index contributed by atoms with van der Waals surface area (Å²) in [6, 6.07) is 5.77. The van der Waals surface area contributed by atoms with Gasteiger partial charge in [0.15, 0.2) is 23.2 Å². The highest BCUT2D eigenvalue weighted by Gasteiger charge is 2.31. The molecule has 4 nitrogen and oxygen atoms in total. The van der Waals surface area contributed by atoms with Crippen LogP contribution in [0.4, 0.5) is 17.6 Å². The standard InChI is InChI=1S/C31H38F4O4/c1-3-5-18-38-21-10-6-19(7-11-21)23-14-15-25(29(34)27(23)32)31(36)39-22-12-8-20(9-13-22)24-16-17-26(37-4-2)30(35)28(24)33/h14-17,19-22H,3-13,18H2,1-2H3. The van der Waals surface area contributed by atoms with Crippen molar-refractivity contribution in [1.29, 1.82) is 0 Å². The lowest BCUT2D eigenvalue weighted by atomic mass is 9.82. The molecule has 0 spiro atoms. The number of esters is 1. The van der Waals surface area contributed by atoms with Crippen LogP contribution in [-0.4, -0.2) is 31.4 Å². The molecule has 0 aliphatic heterocycles. The molecular weight excluding hydrogens is 512 g/mol. The third-order valence-corrected chi connectivity index (χ3v) is 8.06. The first-order valence-electron chi connectivity index (χ1n) is 14.2. The van der Waals surface area contributed by atoms with Crippen molar-refractivity contribution in [2.45, 2.75) is 102 Å². The first-order valence-corrected chi connectivity index (χ1v) is 14.2. The maximum Gasteiger partial charge on any atom is 0.341 e. The first-order chi connectivity index (χ1) is 18.8. The van der Waals surface area contributed by atoms with E-state index in [0.717, 1.165) is 32.3 Å². The van der Waals surface area contributed by atoms with E-state index in [2.05, 4.69) is 6.92 Å². The van der Waals surface area contributed by atoms with Gasteiger partial charge in [-0.1, -0.05) is 25.5 Å². The summed E-state index contributed by atoms with van der Waals surface area (Å²) in [6.45, 7) is 4.76. The summed E-state index contributed by atoms with van der Waals surface area (Å²) in [7, 11) is 0. The zero-order chi connectivity index (χ0) is 27.9. The van der Waals surface area contributed by atoms with Crippen LogP contribution >= 0.6 is 0 Å². The zero-order valence-corrected chi connectivity index (χ0v) is 22.7. The molecule has 0 aromatic heterocycles. The minimum atomic E-state index is -1.18. The summed E-state index contributed by atoms with van der Waals surface area (Å²) in [5.41, 5.74) is 0.141. The van der Waals surface area contributed by atoms with Crippen LogP contribution in [0.25, 0.3) is 0 Å². The second-order valence-corrected chi connectivity index (χ2v) is 10.6. The van der Waals surface area contributed by atoms with E-state index in [1.165, 1.54) is 24.3 Å². The molecule has 0 bridgehead atoms. The lowest BCUT2D eigenvalue weighted by molar-refractivity contribution is 0.0188. The topological polar surface area (TPSA) is 44.8 Å². The Kier molecular flexibility index (Phi) is 10.3. The Labute approximate surface area is 228 Å². The summed E-state index contributed by atoms with van der Waals surface area (Å²) in [4.78, 5) is 12.7. The van der Waals surface area contributed by atoms with Crippen molar-refractivity contribution >= 4 is 5.97 Å². The van der Waals surface area contributed by atoms with E-state index in [4.69, 9.17) is 14.2 Å². The van der Waals surface area contributed by atoms with Gasteiger partial charge < -0.3 is 14.2 Å². The van der Waals surface area contributed by atoms with E-state index < -0.39 is 40.9 Å². The van der Waals surface area contributed by atoms with Crippen LogP contribution < -0.4 is 4.74 Å². The number of unbranched alkanes of at least 4 members (excludes halogenated alkanes) is 1. The Morgan fingerprint density at radius 2 is 1.31 bits per heavy atom. The zero-order valence-electron chi connectivity index (χ0n) is 22.7. The monoisotopic (exact) mass is 550 g/mol. The van der Waals surface area contributed by atoms with Crippen LogP contribution in [0.2, 0.25) is 0 Å². The quantitative estimate of drug-likeness (QED) is 0.169. The van der Waals surface area contributed by atoms with Gasteiger partial charge in [-0.2, -0.15) is 4.39 Å². The summed E-state index contributed by atoms with van der Waals surface area (Å²) >= 11 is 0. The number of benzene rings is 2. The van der Waals surface area contributed by atoms with E-state index in [0.29, 0.717) is 44.1 Å². The van der Waals surface area contributed by atoms with Gasteiger partial charge in [0.05, 0.1) is 18.3 Å². The number of hydrogen-bond acceptors (Lipinski definition) is 4. The molecule has 4 rings (SSSR count). The average Bonchev–Trinajstić information content (AvgIpc) is 2.94.